The van der Waals surface area contributed by atoms with E-state index < -0.39 is 31.2 Å². The van der Waals surface area contributed by atoms with E-state index in [-0.39, 0.29) is 29.6 Å². The monoisotopic (exact) mass is 458 g/mol. The number of halogens is 3. The van der Waals surface area contributed by atoms with Crippen LogP contribution in [0, 0.1) is 0 Å². The van der Waals surface area contributed by atoms with Crippen LogP contribution < -0.4 is 5.73 Å². The van der Waals surface area contributed by atoms with Crippen LogP contribution in [0.1, 0.15) is 49.9 Å². The van der Waals surface area contributed by atoms with Crippen LogP contribution >= 0.6 is 0 Å². The molecule has 1 aliphatic rings. The SMILES string of the molecule is [2H]C([2H])([2H])N(Cc1cn2cc(C(F)(F)F)ccc2n1)C(=O)c1ccc2nc(N)c3c(c2c1)COC3C. The van der Waals surface area contributed by atoms with Crippen LogP contribution in [-0.4, -0.2) is 32.2 Å². The van der Waals surface area contributed by atoms with Gasteiger partial charge in [0, 0.05) is 40.0 Å². The number of anilines is 1. The summed E-state index contributed by atoms with van der Waals surface area (Å²) in [6.07, 6.45) is -2.67. The van der Waals surface area contributed by atoms with Crippen LogP contribution in [0.5, 0.6) is 0 Å². The Balaban J connectivity index is 1.51. The second kappa shape index (κ2) is 7.45. The molecule has 0 saturated heterocycles. The highest BCUT2D eigenvalue weighted by molar-refractivity contribution is 5.99. The number of amides is 1. The minimum atomic E-state index is -4.54. The van der Waals surface area contributed by atoms with Gasteiger partial charge in [-0.1, -0.05) is 0 Å². The van der Waals surface area contributed by atoms with E-state index in [1.165, 1.54) is 18.3 Å². The number of nitrogen functional groups attached to an aromatic ring is 1. The lowest BCUT2D eigenvalue weighted by molar-refractivity contribution is -0.137. The summed E-state index contributed by atoms with van der Waals surface area (Å²) in [7, 11) is 0. The van der Waals surface area contributed by atoms with Gasteiger partial charge in [0.15, 0.2) is 0 Å². The Morgan fingerprint density at radius 3 is 2.88 bits per heavy atom. The van der Waals surface area contributed by atoms with Crippen molar-refractivity contribution < 1.29 is 26.8 Å². The fourth-order valence-corrected chi connectivity index (χ4v) is 4.08. The first kappa shape index (κ1) is 17.8. The van der Waals surface area contributed by atoms with Crippen LogP contribution in [-0.2, 0) is 24.1 Å². The van der Waals surface area contributed by atoms with Gasteiger partial charge in [-0.15, -0.1) is 0 Å². The highest BCUT2D eigenvalue weighted by atomic mass is 19.4. The predicted octanol–water partition coefficient (Wildman–Crippen LogP) is 4.35. The second-order valence-electron chi connectivity index (χ2n) is 7.88. The van der Waals surface area contributed by atoms with Gasteiger partial charge in [0.1, 0.15) is 11.5 Å². The number of fused-ring (bicyclic) bond motifs is 4. The lowest BCUT2D eigenvalue weighted by atomic mass is 10.00. The first-order chi connectivity index (χ1) is 16.8. The molecule has 1 amide bonds. The average molecular weight is 458 g/mol. The molecule has 5 rings (SSSR count). The minimum absolute atomic E-state index is 0.107. The number of ether oxygens (including phenoxy) is 1. The summed E-state index contributed by atoms with van der Waals surface area (Å²) in [6, 6.07) is 6.67. The number of imidazole rings is 1. The standard InChI is InChI=1S/C23H20F3N5O2/c1-12-20-17(11-33-12)16-7-13(3-5-18(16)29-21(20)27)22(32)30(2)9-15-10-31-8-14(23(24,25)26)4-6-19(31)28-15/h3-8,10,12H,9,11H2,1-2H3,(H2,27,29)/i2D3. The summed E-state index contributed by atoms with van der Waals surface area (Å²) in [6.45, 7) is -1.15. The minimum Gasteiger partial charge on any atom is -0.383 e. The summed E-state index contributed by atoms with van der Waals surface area (Å²) in [4.78, 5) is 22.6. The van der Waals surface area contributed by atoms with Crippen molar-refractivity contribution in [3.05, 3.63) is 70.7 Å². The lowest BCUT2D eigenvalue weighted by Gasteiger charge is -2.17. The predicted molar refractivity (Wildman–Crippen MR) is 115 cm³/mol. The molecule has 33 heavy (non-hydrogen) atoms. The van der Waals surface area contributed by atoms with Gasteiger partial charge in [-0.3, -0.25) is 4.79 Å². The Bertz CT molecular complexity index is 1520. The molecule has 1 unspecified atom stereocenters. The van der Waals surface area contributed by atoms with E-state index in [0.29, 0.717) is 21.6 Å². The Labute approximate surface area is 190 Å². The zero-order chi connectivity index (χ0) is 26.0. The number of carbonyl (C=O) groups is 1. The number of nitrogens with two attached hydrogens (primary N) is 1. The molecule has 3 aromatic heterocycles. The molecule has 0 saturated carbocycles. The number of carbonyl (C=O) groups excluding carboxylic acids is 1. The molecule has 1 aliphatic heterocycles. The van der Waals surface area contributed by atoms with E-state index in [1.54, 1.807) is 12.1 Å². The first-order valence-corrected chi connectivity index (χ1v) is 10.0. The van der Waals surface area contributed by atoms with Crippen molar-refractivity contribution in [2.24, 2.45) is 0 Å². The third-order valence-electron chi connectivity index (χ3n) is 5.69. The summed E-state index contributed by atoms with van der Waals surface area (Å²) < 4.78 is 69.7. The van der Waals surface area contributed by atoms with E-state index in [1.807, 2.05) is 6.92 Å². The Kier molecular flexibility index (Phi) is 4.03. The van der Waals surface area contributed by atoms with Crippen molar-refractivity contribution >= 4 is 28.3 Å². The van der Waals surface area contributed by atoms with Crippen LogP contribution in [0.4, 0.5) is 19.0 Å². The third kappa shape index (κ3) is 3.66. The first-order valence-electron chi connectivity index (χ1n) is 11.5. The summed E-state index contributed by atoms with van der Waals surface area (Å²) >= 11 is 0. The van der Waals surface area contributed by atoms with E-state index in [0.717, 1.165) is 27.8 Å². The Hall–Kier alpha value is -3.66. The van der Waals surface area contributed by atoms with Crippen molar-refractivity contribution in [3.8, 4) is 0 Å². The molecule has 1 aromatic carbocycles. The van der Waals surface area contributed by atoms with Crippen LogP contribution in [0.15, 0.2) is 42.7 Å². The molecule has 10 heteroatoms. The van der Waals surface area contributed by atoms with E-state index in [2.05, 4.69) is 9.97 Å². The topological polar surface area (TPSA) is 85.8 Å². The number of alkyl halides is 3. The highest BCUT2D eigenvalue weighted by Gasteiger charge is 2.31. The van der Waals surface area contributed by atoms with Gasteiger partial charge in [-0.05, 0) is 42.8 Å². The van der Waals surface area contributed by atoms with Gasteiger partial charge in [-0.25, -0.2) is 9.97 Å². The van der Waals surface area contributed by atoms with Gasteiger partial charge in [0.2, 0.25) is 0 Å². The number of rotatable bonds is 3. The quantitative estimate of drug-likeness (QED) is 0.494. The van der Waals surface area contributed by atoms with Crippen molar-refractivity contribution in [1.82, 2.24) is 19.3 Å². The van der Waals surface area contributed by atoms with Crippen molar-refractivity contribution in [1.29, 1.82) is 0 Å². The van der Waals surface area contributed by atoms with Crippen molar-refractivity contribution in [3.63, 3.8) is 0 Å². The molecule has 170 valence electrons. The zero-order valence-corrected chi connectivity index (χ0v) is 17.3. The van der Waals surface area contributed by atoms with Crippen LogP contribution in [0.25, 0.3) is 16.6 Å². The van der Waals surface area contributed by atoms with Crippen molar-refractivity contribution in [2.75, 3.05) is 12.7 Å². The van der Waals surface area contributed by atoms with Gasteiger partial charge in [0.25, 0.3) is 5.91 Å². The lowest BCUT2D eigenvalue weighted by Crippen LogP contribution is -2.26. The molecule has 0 spiro atoms. The number of hydrogen-bond acceptors (Lipinski definition) is 5. The third-order valence-corrected chi connectivity index (χ3v) is 5.69. The zero-order valence-electron chi connectivity index (χ0n) is 20.3. The largest absolute Gasteiger partial charge is 0.417 e. The maximum absolute atomic E-state index is 13.4. The Morgan fingerprint density at radius 2 is 2.12 bits per heavy atom. The molecule has 4 heterocycles. The molecule has 7 nitrogen and oxygen atoms in total. The summed E-state index contributed by atoms with van der Waals surface area (Å²) in [5.74, 6) is -0.450. The molecule has 1 atom stereocenters. The van der Waals surface area contributed by atoms with Gasteiger partial charge < -0.3 is 19.8 Å². The summed E-state index contributed by atoms with van der Waals surface area (Å²) in [5, 5.41) is 0.632. The molecular formula is C23H20F3N5O2. The van der Waals surface area contributed by atoms with Crippen LogP contribution in [0.2, 0.25) is 0 Å². The second-order valence-corrected chi connectivity index (χ2v) is 7.88. The van der Waals surface area contributed by atoms with Crippen molar-refractivity contribution in [2.45, 2.75) is 32.4 Å². The highest BCUT2D eigenvalue weighted by Crippen LogP contribution is 2.38. The fraction of sp³-hybridized carbons (Fsp3) is 0.261. The number of aromatic nitrogens is 3. The smallest absolute Gasteiger partial charge is 0.383 e. The number of nitrogens with zero attached hydrogens (tertiary/aromatic N) is 4. The fourth-order valence-electron chi connectivity index (χ4n) is 4.08. The Morgan fingerprint density at radius 1 is 1.30 bits per heavy atom. The van der Waals surface area contributed by atoms with E-state index in [9.17, 15) is 18.0 Å². The van der Waals surface area contributed by atoms with Crippen LogP contribution in [0.3, 0.4) is 0 Å². The maximum atomic E-state index is 13.4. The average Bonchev–Trinajstić information content (AvgIpc) is 3.38. The summed E-state index contributed by atoms with van der Waals surface area (Å²) in [5.41, 5.74) is 7.69. The molecule has 0 radical (unpaired) electrons. The van der Waals surface area contributed by atoms with Gasteiger partial charge in [-0.2, -0.15) is 13.2 Å². The van der Waals surface area contributed by atoms with Gasteiger partial charge in [0.05, 0.1) is 36.0 Å². The molecule has 2 N–H and O–H groups in total. The molecule has 4 aromatic rings. The number of hydrogen-bond donors (Lipinski definition) is 1. The molecule has 0 aliphatic carbocycles. The molecule has 0 fully saturated rings. The number of pyridine rings is 2. The van der Waals surface area contributed by atoms with Gasteiger partial charge >= 0.3 is 6.18 Å². The number of benzene rings is 1. The normalized spacial score (nSPS) is 17.6. The van der Waals surface area contributed by atoms with E-state index in [4.69, 9.17) is 14.6 Å². The van der Waals surface area contributed by atoms with E-state index >= 15 is 0 Å². The maximum Gasteiger partial charge on any atom is 0.417 e. The molecular weight excluding hydrogens is 435 g/mol. The molecule has 0 bridgehead atoms.